The topological polar surface area (TPSA) is 49.4 Å². The lowest BCUT2D eigenvalue weighted by Gasteiger charge is -2.32. The van der Waals surface area contributed by atoms with Crippen molar-refractivity contribution in [3.63, 3.8) is 0 Å². The molecule has 0 radical (unpaired) electrons. The fourth-order valence-corrected chi connectivity index (χ4v) is 4.77. The van der Waals surface area contributed by atoms with E-state index in [4.69, 9.17) is 23.2 Å². The zero-order chi connectivity index (χ0) is 23.6. The molecule has 0 aliphatic heterocycles. The number of benzene rings is 3. The van der Waals surface area contributed by atoms with Crippen molar-refractivity contribution in [2.45, 2.75) is 30.8 Å². The van der Waals surface area contributed by atoms with Gasteiger partial charge in [-0.05, 0) is 36.8 Å². The second-order valence-electron chi connectivity index (χ2n) is 7.42. The smallest absolute Gasteiger partial charge is 0.243 e. The molecule has 2 amide bonds. The summed E-state index contributed by atoms with van der Waals surface area (Å²) in [5.41, 5.74) is 1.59. The Kier molecular flexibility index (Phi) is 9.67. The number of rotatable bonds is 10. The van der Waals surface area contributed by atoms with Gasteiger partial charge in [0.1, 0.15) is 6.04 Å². The Morgan fingerprint density at radius 3 is 2.12 bits per heavy atom. The monoisotopic (exact) mass is 500 g/mol. The summed E-state index contributed by atoms with van der Waals surface area (Å²) in [6.07, 6.45) is 0.385. The van der Waals surface area contributed by atoms with E-state index >= 15 is 0 Å². The first-order valence-corrected chi connectivity index (χ1v) is 12.5. The summed E-state index contributed by atoms with van der Waals surface area (Å²) >= 11 is 14.3. The molecule has 0 heterocycles. The Labute approximate surface area is 209 Å². The van der Waals surface area contributed by atoms with E-state index < -0.39 is 6.04 Å². The molecule has 0 aromatic heterocycles. The molecular weight excluding hydrogens is 475 g/mol. The summed E-state index contributed by atoms with van der Waals surface area (Å²) in [6, 6.07) is 23.9. The van der Waals surface area contributed by atoms with E-state index in [9.17, 15) is 9.59 Å². The third-order valence-corrected chi connectivity index (χ3v) is 6.82. The Balaban J connectivity index is 1.93. The van der Waals surface area contributed by atoms with Crippen molar-refractivity contribution in [3.8, 4) is 0 Å². The van der Waals surface area contributed by atoms with Crippen molar-refractivity contribution in [1.82, 2.24) is 10.2 Å². The first-order valence-electron chi connectivity index (χ1n) is 10.7. The van der Waals surface area contributed by atoms with Gasteiger partial charge in [0, 0.05) is 40.0 Å². The third kappa shape index (κ3) is 7.26. The van der Waals surface area contributed by atoms with Gasteiger partial charge in [-0.25, -0.2) is 0 Å². The van der Waals surface area contributed by atoms with Crippen LogP contribution in [0.25, 0.3) is 0 Å². The molecule has 1 unspecified atom stereocenters. The van der Waals surface area contributed by atoms with Crippen molar-refractivity contribution < 1.29 is 9.59 Å². The molecule has 0 fully saturated rings. The lowest BCUT2D eigenvalue weighted by molar-refractivity contribution is -0.139. The molecular formula is C26H26Cl2N2O2S. The van der Waals surface area contributed by atoms with Gasteiger partial charge in [0.05, 0.1) is 5.75 Å². The van der Waals surface area contributed by atoms with Gasteiger partial charge >= 0.3 is 0 Å². The van der Waals surface area contributed by atoms with Crippen LogP contribution < -0.4 is 5.32 Å². The molecule has 3 aromatic rings. The molecule has 1 N–H and O–H groups in total. The zero-order valence-electron chi connectivity index (χ0n) is 18.3. The molecule has 0 aliphatic carbocycles. The summed E-state index contributed by atoms with van der Waals surface area (Å²) in [5.74, 6) is -0.175. The molecule has 0 bridgehead atoms. The van der Waals surface area contributed by atoms with Gasteiger partial charge in [-0.3, -0.25) is 9.59 Å². The van der Waals surface area contributed by atoms with Crippen LogP contribution in [0.2, 0.25) is 10.0 Å². The summed E-state index contributed by atoms with van der Waals surface area (Å²) in [5, 5.41) is 3.81. The third-order valence-electron chi connectivity index (χ3n) is 5.12. The van der Waals surface area contributed by atoms with Crippen LogP contribution in [0.15, 0.2) is 83.8 Å². The first-order chi connectivity index (χ1) is 16.0. The van der Waals surface area contributed by atoms with Gasteiger partial charge in [-0.1, -0.05) is 77.8 Å². The van der Waals surface area contributed by atoms with Crippen molar-refractivity contribution >= 4 is 46.8 Å². The second kappa shape index (κ2) is 12.7. The fraction of sp³-hybridized carbons (Fsp3) is 0.231. The molecule has 0 spiro atoms. The molecule has 4 nitrogen and oxygen atoms in total. The van der Waals surface area contributed by atoms with Crippen molar-refractivity contribution in [2.75, 3.05) is 12.3 Å². The van der Waals surface area contributed by atoms with Gasteiger partial charge in [0.2, 0.25) is 11.8 Å². The normalized spacial score (nSPS) is 11.6. The minimum absolute atomic E-state index is 0.140. The van der Waals surface area contributed by atoms with Crippen LogP contribution >= 0.6 is 35.0 Å². The summed E-state index contributed by atoms with van der Waals surface area (Å²) in [7, 11) is 0. The molecule has 0 aliphatic rings. The Morgan fingerprint density at radius 1 is 0.909 bits per heavy atom. The quantitative estimate of drug-likeness (QED) is 0.354. The molecule has 1 atom stereocenters. The SMILES string of the molecule is CCNC(=O)C(Cc1ccccc1)N(Cc1c(Cl)cccc1Cl)C(=O)CSc1ccccc1. The highest BCUT2D eigenvalue weighted by Crippen LogP contribution is 2.28. The van der Waals surface area contributed by atoms with Gasteiger partial charge in [-0.15, -0.1) is 11.8 Å². The minimum atomic E-state index is -0.705. The van der Waals surface area contributed by atoms with Crippen LogP contribution in [0, 0.1) is 0 Å². The van der Waals surface area contributed by atoms with Crippen molar-refractivity contribution in [3.05, 3.63) is 100 Å². The number of nitrogens with zero attached hydrogens (tertiary/aromatic N) is 1. The van der Waals surface area contributed by atoms with Gasteiger partial charge in [0.15, 0.2) is 0 Å². The van der Waals surface area contributed by atoms with E-state index in [1.165, 1.54) is 11.8 Å². The lowest BCUT2D eigenvalue weighted by Crippen LogP contribution is -2.51. The molecule has 33 heavy (non-hydrogen) atoms. The number of carbonyl (C=O) groups is 2. The van der Waals surface area contributed by atoms with E-state index in [2.05, 4.69) is 5.32 Å². The molecule has 7 heteroatoms. The first kappa shape index (κ1) is 25.2. The van der Waals surface area contributed by atoms with Crippen LogP contribution in [0.5, 0.6) is 0 Å². The Bertz CT molecular complexity index is 1040. The number of amides is 2. The fourth-order valence-electron chi connectivity index (χ4n) is 3.44. The van der Waals surface area contributed by atoms with E-state index in [0.717, 1.165) is 10.5 Å². The summed E-state index contributed by atoms with van der Waals surface area (Å²) in [4.78, 5) is 29.3. The van der Waals surface area contributed by atoms with Gasteiger partial charge < -0.3 is 10.2 Å². The minimum Gasteiger partial charge on any atom is -0.355 e. The molecule has 172 valence electrons. The molecule has 3 rings (SSSR count). The number of halogens is 2. The maximum atomic E-state index is 13.5. The van der Waals surface area contributed by atoms with Crippen LogP contribution in [0.4, 0.5) is 0 Å². The van der Waals surface area contributed by atoms with Gasteiger partial charge in [-0.2, -0.15) is 0 Å². The van der Waals surface area contributed by atoms with Gasteiger partial charge in [0.25, 0.3) is 0 Å². The van der Waals surface area contributed by atoms with Crippen molar-refractivity contribution in [1.29, 1.82) is 0 Å². The highest BCUT2D eigenvalue weighted by molar-refractivity contribution is 8.00. The van der Waals surface area contributed by atoms with Crippen molar-refractivity contribution in [2.24, 2.45) is 0 Å². The van der Waals surface area contributed by atoms with E-state index in [0.29, 0.717) is 28.6 Å². The second-order valence-corrected chi connectivity index (χ2v) is 9.29. The maximum absolute atomic E-state index is 13.5. The molecule has 0 saturated carbocycles. The highest BCUT2D eigenvalue weighted by atomic mass is 35.5. The largest absolute Gasteiger partial charge is 0.355 e. The number of carbonyl (C=O) groups excluding carboxylic acids is 2. The van der Waals surface area contributed by atoms with Crippen LogP contribution in [-0.4, -0.2) is 35.1 Å². The average molecular weight is 501 g/mol. The Hall–Kier alpha value is -2.47. The average Bonchev–Trinajstić information content (AvgIpc) is 2.83. The highest BCUT2D eigenvalue weighted by Gasteiger charge is 2.31. The van der Waals surface area contributed by atoms with E-state index in [1.807, 2.05) is 67.6 Å². The lowest BCUT2D eigenvalue weighted by atomic mass is 10.0. The predicted molar refractivity (Wildman–Crippen MR) is 137 cm³/mol. The molecule has 3 aromatic carbocycles. The molecule has 0 saturated heterocycles. The maximum Gasteiger partial charge on any atom is 0.243 e. The van der Waals surface area contributed by atoms with Crippen LogP contribution in [-0.2, 0) is 22.6 Å². The number of hydrogen-bond donors (Lipinski definition) is 1. The number of thioether (sulfide) groups is 1. The predicted octanol–water partition coefficient (Wildman–Crippen LogP) is 5.86. The summed E-state index contributed by atoms with van der Waals surface area (Å²) < 4.78 is 0. The van der Waals surface area contributed by atoms with E-state index in [-0.39, 0.29) is 24.1 Å². The number of hydrogen-bond acceptors (Lipinski definition) is 3. The van der Waals surface area contributed by atoms with E-state index in [1.54, 1.807) is 23.1 Å². The van der Waals surface area contributed by atoms with Crippen LogP contribution in [0.3, 0.4) is 0 Å². The van der Waals surface area contributed by atoms with Crippen LogP contribution in [0.1, 0.15) is 18.1 Å². The zero-order valence-corrected chi connectivity index (χ0v) is 20.7. The Morgan fingerprint density at radius 2 is 1.52 bits per heavy atom. The number of nitrogens with one attached hydrogen (secondary N) is 1. The number of likely N-dealkylation sites (N-methyl/N-ethyl adjacent to an activating group) is 1. The standard InChI is InChI=1S/C26H26Cl2N2O2S/c1-2-29-26(32)24(16-19-10-5-3-6-11-19)30(17-21-22(27)14-9-15-23(21)28)25(31)18-33-20-12-7-4-8-13-20/h3-15,24H,2,16-18H2,1H3,(H,29,32). The summed E-state index contributed by atoms with van der Waals surface area (Å²) in [6.45, 7) is 2.47.